The van der Waals surface area contributed by atoms with Crippen LogP contribution in [-0.2, 0) is 10.9 Å². The lowest BCUT2D eigenvalue weighted by atomic mass is 10.1. The minimum atomic E-state index is -4.43. The van der Waals surface area contributed by atoms with Crippen LogP contribution in [-0.4, -0.2) is 25.9 Å². The molecule has 1 rings (SSSR count). The molecule has 1 aromatic rings. The van der Waals surface area contributed by atoms with Gasteiger partial charge in [0, 0.05) is 18.8 Å². The van der Waals surface area contributed by atoms with Crippen molar-refractivity contribution in [3.63, 3.8) is 0 Å². The van der Waals surface area contributed by atoms with Crippen LogP contribution < -0.4 is 5.32 Å². The Balaban J connectivity index is 2.42. The van der Waals surface area contributed by atoms with E-state index in [9.17, 15) is 26.3 Å². The van der Waals surface area contributed by atoms with E-state index in [1.54, 1.807) is 6.92 Å². The standard InChI is InChI=1S/C13H15F6NO/c1-9-3-4-10(13(17,18)19)7-11(9)20-5-2-6-21-8-12(14,15)16/h3-4,7,20H,2,5-6,8H2,1H3. The van der Waals surface area contributed by atoms with Crippen molar-refractivity contribution in [3.8, 4) is 0 Å². The average molecular weight is 315 g/mol. The zero-order valence-electron chi connectivity index (χ0n) is 11.2. The topological polar surface area (TPSA) is 21.3 Å². The summed E-state index contributed by atoms with van der Waals surface area (Å²) in [6.45, 7) is 0.419. The smallest absolute Gasteiger partial charge is 0.385 e. The van der Waals surface area contributed by atoms with Gasteiger partial charge in [0.1, 0.15) is 6.61 Å². The van der Waals surface area contributed by atoms with Gasteiger partial charge in [-0.15, -0.1) is 0 Å². The van der Waals surface area contributed by atoms with Crippen LogP contribution >= 0.6 is 0 Å². The van der Waals surface area contributed by atoms with Gasteiger partial charge in [0.2, 0.25) is 0 Å². The van der Waals surface area contributed by atoms with E-state index in [-0.39, 0.29) is 19.6 Å². The number of hydrogen-bond donors (Lipinski definition) is 1. The van der Waals surface area contributed by atoms with E-state index < -0.39 is 24.5 Å². The molecule has 1 aromatic carbocycles. The lowest BCUT2D eigenvalue weighted by Crippen LogP contribution is -2.18. The Kier molecular flexibility index (Phi) is 5.88. The molecule has 0 aliphatic heterocycles. The van der Waals surface area contributed by atoms with Gasteiger partial charge in [-0.3, -0.25) is 0 Å². The Labute approximate surface area is 118 Å². The first kappa shape index (κ1) is 17.6. The molecule has 8 heteroatoms. The number of anilines is 1. The van der Waals surface area contributed by atoms with E-state index in [1.165, 1.54) is 6.07 Å². The predicted octanol–water partition coefficient (Wildman–Crippen LogP) is 4.39. The number of rotatable bonds is 6. The normalized spacial score (nSPS) is 12.5. The summed E-state index contributed by atoms with van der Waals surface area (Å²) in [6.07, 6.45) is -8.54. The highest BCUT2D eigenvalue weighted by Crippen LogP contribution is 2.31. The minimum Gasteiger partial charge on any atom is -0.385 e. The van der Waals surface area contributed by atoms with Crippen molar-refractivity contribution in [2.45, 2.75) is 25.7 Å². The summed E-state index contributed by atoms with van der Waals surface area (Å²) in [7, 11) is 0. The molecule has 0 amide bonds. The molecule has 0 atom stereocenters. The maximum atomic E-state index is 12.5. The van der Waals surface area contributed by atoms with Crippen LogP contribution in [0.1, 0.15) is 17.5 Å². The van der Waals surface area contributed by atoms with E-state index >= 15 is 0 Å². The Morgan fingerprint density at radius 1 is 1.10 bits per heavy atom. The van der Waals surface area contributed by atoms with E-state index in [2.05, 4.69) is 10.1 Å². The fraction of sp³-hybridized carbons (Fsp3) is 0.538. The summed E-state index contributed by atoms with van der Waals surface area (Å²) in [4.78, 5) is 0. The average Bonchev–Trinajstić information content (AvgIpc) is 2.32. The van der Waals surface area contributed by atoms with Gasteiger partial charge in [-0.1, -0.05) is 6.07 Å². The quantitative estimate of drug-likeness (QED) is 0.621. The maximum Gasteiger partial charge on any atom is 0.416 e. The number of aryl methyl sites for hydroxylation is 1. The molecular weight excluding hydrogens is 300 g/mol. The monoisotopic (exact) mass is 315 g/mol. The molecule has 0 unspecified atom stereocenters. The molecule has 0 fully saturated rings. The third kappa shape index (κ3) is 6.70. The predicted molar refractivity (Wildman–Crippen MR) is 66.2 cm³/mol. The van der Waals surface area contributed by atoms with Gasteiger partial charge in [0.15, 0.2) is 0 Å². The van der Waals surface area contributed by atoms with Crippen LogP contribution in [0.2, 0.25) is 0 Å². The second kappa shape index (κ2) is 7.02. The third-order valence-electron chi connectivity index (χ3n) is 2.61. The van der Waals surface area contributed by atoms with E-state index in [0.717, 1.165) is 12.1 Å². The molecule has 0 saturated carbocycles. The second-order valence-electron chi connectivity index (χ2n) is 4.48. The SMILES string of the molecule is Cc1ccc(C(F)(F)F)cc1NCCCOCC(F)(F)F. The fourth-order valence-electron chi connectivity index (χ4n) is 1.57. The number of alkyl halides is 6. The molecule has 2 nitrogen and oxygen atoms in total. The van der Waals surface area contributed by atoms with Crippen LogP contribution in [0.15, 0.2) is 18.2 Å². The summed E-state index contributed by atoms with van der Waals surface area (Å²) in [5.41, 5.74) is 0.156. The van der Waals surface area contributed by atoms with E-state index in [0.29, 0.717) is 11.3 Å². The third-order valence-corrected chi connectivity index (χ3v) is 2.61. The zero-order valence-corrected chi connectivity index (χ0v) is 11.2. The lowest BCUT2D eigenvalue weighted by molar-refractivity contribution is -0.173. The van der Waals surface area contributed by atoms with Crippen molar-refractivity contribution in [1.29, 1.82) is 0 Å². The van der Waals surface area contributed by atoms with Crippen molar-refractivity contribution in [2.24, 2.45) is 0 Å². The van der Waals surface area contributed by atoms with Crippen LogP contribution in [0, 0.1) is 6.92 Å². The number of hydrogen-bond acceptors (Lipinski definition) is 2. The van der Waals surface area contributed by atoms with Gasteiger partial charge in [-0.25, -0.2) is 0 Å². The second-order valence-corrected chi connectivity index (χ2v) is 4.48. The van der Waals surface area contributed by atoms with Crippen LogP contribution in [0.5, 0.6) is 0 Å². The lowest BCUT2D eigenvalue weighted by Gasteiger charge is -2.13. The fourth-order valence-corrected chi connectivity index (χ4v) is 1.57. The number of ether oxygens (including phenoxy) is 1. The highest BCUT2D eigenvalue weighted by molar-refractivity contribution is 5.53. The Hall–Kier alpha value is -1.44. The first-order valence-corrected chi connectivity index (χ1v) is 6.16. The maximum absolute atomic E-state index is 12.5. The zero-order chi connectivity index (χ0) is 16.1. The summed E-state index contributed by atoms with van der Waals surface area (Å²) in [6, 6.07) is 3.30. The summed E-state index contributed by atoms with van der Waals surface area (Å²) in [5.74, 6) is 0. The number of benzene rings is 1. The highest BCUT2D eigenvalue weighted by atomic mass is 19.4. The molecule has 120 valence electrons. The first-order chi connectivity index (χ1) is 9.59. The van der Waals surface area contributed by atoms with Crippen LogP contribution in [0.3, 0.4) is 0 Å². The van der Waals surface area contributed by atoms with Crippen LogP contribution in [0.25, 0.3) is 0 Å². The molecule has 0 spiro atoms. The molecule has 1 N–H and O–H groups in total. The summed E-state index contributed by atoms with van der Waals surface area (Å²) >= 11 is 0. The van der Waals surface area contributed by atoms with Crippen molar-refractivity contribution in [3.05, 3.63) is 29.3 Å². The van der Waals surface area contributed by atoms with Gasteiger partial charge in [-0.2, -0.15) is 26.3 Å². The minimum absolute atomic E-state index is 0.121. The molecule has 0 heterocycles. The Morgan fingerprint density at radius 3 is 2.33 bits per heavy atom. The molecule has 0 aliphatic carbocycles. The molecule has 0 aromatic heterocycles. The molecule has 0 radical (unpaired) electrons. The van der Waals surface area contributed by atoms with Crippen molar-refractivity contribution in [1.82, 2.24) is 0 Å². The largest absolute Gasteiger partial charge is 0.416 e. The van der Waals surface area contributed by atoms with E-state index in [4.69, 9.17) is 0 Å². The van der Waals surface area contributed by atoms with Gasteiger partial charge < -0.3 is 10.1 Å². The Morgan fingerprint density at radius 2 is 1.76 bits per heavy atom. The van der Waals surface area contributed by atoms with Gasteiger partial charge in [0.25, 0.3) is 0 Å². The molecular formula is C13H15F6NO. The number of nitrogens with one attached hydrogen (secondary N) is 1. The van der Waals surface area contributed by atoms with Crippen molar-refractivity contribution >= 4 is 5.69 Å². The van der Waals surface area contributed by atoms with Gasteiger partial charge in [0.05, 0.1) is 5.56 Å². The molecule has 0 aliphatic rings. The van der Waals surface area contributed by atoms with Gasteiger partial charge in [-0.05, 0) is 31.0 Å². The molecule has 21 heavy (non-hydrogen) atoms. The van der Waals surface area contributed by atoms with Crippen LogP contribution in [0.4, 0.5) is 32.0 Å². The Bertz CT molecular complexity index is 455. The summed E-state index contributed by atoms with van der Waals surface area (Å²) in [5, 5.41) is 2.76. The van der Waals surface area contributed by atoms with Gasteiger partial charge >= 0.3 is 12.4 Å². The number of halogens is 6. The molecule has 0 bridgehead atoms. The molecule has 0 saturated heterocycles. The first-order valence-electron chi connectivity index (χ1n) is 6.16. The van der Waals surface area contributed by atoms with Crippen molar-refractivity contribution in [2.75, 3.05) is 25.1 Å². The summed E-state index contributed by atoms with van der Waals surface area (Å²) < 4.78 is 77.4. The highest BCUT2D eigenvalue weighted by Gasteiger charge is 2.30. The van der Waals surface area contributed by atoms with E-state index in [1.807, 2.05) is 0 Å². The van der Waals surface area contributed by atoms with Crippen molar-refractivity contribution < 1.29 is 31.1 Å².